The minimum absolute atomic E-state index is 0.630. The standard InChI is InChI=1S/C12H22/c1-6-9(3)11(7-2)12(5)8-10(12)4/h6,10-11H,7-8H2,1-5H3. The van der Waals surface area contributed by atoms with Gasteiger partial charge in [0, 0.05) is 0 Å². The van der Waals surface area contributed by atoms with Crippen molar-refractivity contribution in [1.82, 2.24) is 0 Å². The summed E-state index contributed by atoms with van der Waals surface area (Å²) in [6.45, 7) is 11.6. The van der Waals surface area contributed by atoms with Crippen LogP contribution in [0.4, 0.5) is 0 Å². The third kappa shape index (κ3) is 1.44. The van der Waals surface area contributed by atoms with Crippen molar-refractivity contribution in [3.63, 3.8) is 0 Å². The Kier molecular flexibility index (Phi) is 2.65. The van der Waals surface area contributed by atoms with Crippen molar-refractivity contribution >= 4 is 0 Å². The van der Waals surface area contributed by atoms with Gasteiger partial charge < -0.3 is 0 Å². The summed E-state index contributed by atoms with van der Waals surface area (Å²) in [6, 6.07) is 0. The van der Waals surface area contributed by atoms with Crippen LogP contribution in [0.1, 0.15) is 47.5 Å². The van der Waals surface area contributed by atoms with Crippen molar-refractivity contribution in [2.45, 2.75) is 47.5 Å². The lowest BCUT2D eigenvalue weighted by Gasteiger charge is -2.24. The molecule has 0 radical (unpaired) electrons. The van der Waals surface area contributed by atoms with Crippen LogP contribution in [0.25, 0.3) is 0 Å². The summed E-state index contributed by atoms with van der Waals surface area (Å²) in [7, 11) is 0. The summed E-state index contributed by atoms with van der Waals surface area (Å²) >= 11 is 0. The van der Waals surface area contributed by atoms with Gasteiger partial charge in [-0.05, 0) is 43.9 Å². The molecule has 3 atom stereocenters. The van der Waals surface area contributed by atoms with Gasteiger partial charge in [-0.3, -0.25) is 0 Å². The van der Waals surface area contributed by atoms with E-state index in [-0.39, 0.29) is 0 Å². The SMILES string of the molecule is CC=C(C)C(CC)C1(C)CC1C. The Morgan fingerprint density at radius 1 is 1.67 bits per heavy atom. The molecular weight excluding hydrogens is 144 g/mol. The van der Waals surface area contributed by atoms with Gasteiger partial charge in [0.2, 0.25) is 0 Å². The quantitative estimate of drug-likeness (QED) is 0.555. The van der Waals surface area contributed by atoms with Crippen molar-refractivity contribution in [3.8, 4) is 0 Å². The molecule has 0 heterocycles. The van der Waals surface area contributed by atoms with Crippen molar-refractivity contribution < 1.29 is 0 Å². The van der Waals surface area contributed by atoms with E-state index in [0.717, 1.165) is 11.8 Å². The second-order valence-electron chi connectivity index (χ2n) is 4.60. The highest BCUT2D eigenvalue weighted by atomic mass is 14.6. The van der Waals surface area contributed by atoms with E-state index < -0.39 is 0 Å². The molecule has 1 aliphatic rings. The molecule has 0 heteroatoms. The third-order valence-electron chi connectivity index (χ3n) is 3.92. The van der Waals surface area contributed by atoms with Gasteiger partial charge in [0.1, 0.15) is 0 Å². The highest BCUT2D eigenvalue weighted by molar-refractivity contribution is 5.14. The maximum Gasteiger partial charge on any atom is -0.0152 e. The molecule has 0 bridgehead atoms. The average molecular weight is 166 g/mol. The first-order chi connectivity index (χ1) is 5.56. The average Bonchev–Trinajstić information content (AvgIpc) is 2.61. The largest absolute Gasteiger partial charge is 0.0884 e. The lowest BCUT2D eigenvalue weighted by molar-refractivity contribution is 0.348. The molecule has 1 rings (SSSR count). The van der Waals surface area contributed by atoms with Crippen molar-refractivity contribution in [1.29, 1.82) is 0 Å². The summed E-state index contributed by atoms with van der Waals surface area (Å²) in [5, 5.41) is 0. The van der Waals surface area contributed by atoms with E-state index in [4.69, 9.17) is 0 Å². The molecule has 1 aliphatic carbocycles. The summed E-state index contributed by atoms with van der Waals surface area (Å²) in [4.78, 5) is 0. The Hall–Kier alpha value is -0.260. The summed E-state index contributed by atoms with van der Waals surface area (Å²) in [5.41, 5.74) is 2.22. The Balaban J connectivity index is 2.70. The van der Waals surface area contributed by atoms with E-state index >= 15 is 0 Å². The first-order valence-electron chi connectivity index (χ1n) is 5.19. The Labute approximate surface area is 77.1 Å². The molecule has 12 heavy (non-hydrogen) atoms. The van der Waals surface area contributed by atoms with E-state index in [1.54, 1.807) is 5.57 Å². The molecule has 0 spiro atoms. The van der Waals surface area contributed by atoms with Gasteiger partial charge in [-0.1, -0.05) is 32.4 Å². The van der Waals surface area contributed by atoms with Crippen LogP contribution in [0, 0.1) is 17.3 Å². The molecule has 70 valence electrons. The highest BCUT2D eigenvalue weighted by Gasteiger charge is 2.51. The van der Waals surface area contributed by atoms with Crippen LogP contribution in [0.15, 0.2) is 11.6 Å². The predicted octanol–water partition coefficient (Wildman–Crippen LogP) is 4.02. The number of rotatable bonds is 3. The van der Waals surface area contributed by atoms with E-state index in [1.165, 1.54) is 12.8 Å². The van der Waals surface area contributed by atoms with E-state index in [2.05, 4.69) is 40.7 Å². The molecular formula is C12H22. The number of allylic oxidation sites excluding steroid dienone is 2. The van der Waals surface area contributed by atoms with Crippen LogP contribution < -0.4 is 0 Å². The van der Waals surface area contributed by atoms with Gasteiger partial charge >= 0.3 is 0 Å². The predicted molar refractivity (Wildman–Crippen MR) is 55.1 cm³/mol. The van der Waals surface area contributed by atoms with Gasteiger partial charge in [-0.15, -0.1) is 0 Å². The monoisotopic (exact) mass is 166 g/mol. The molecule has 1 saturated carbocycles. The molecule has 0 aliphatic heterocycles. The van der Waals surface area contributed by atoms with Crippen LogP contribution in [-0.2, 0) is 0 Å². The second-order valence-corrected chi connectivity index (χ2v) is 4.60. The molecule has 0 aromatic rings. The molecule has 0 N–H and O–H groups in total. The lowest BCUT2D eigenvalue weighted by atomic mass is 9.81. The fourth-order valence-corrected chi connectivity index (χ4v) is 2.60. The third-order valence-corrected chi connectivity index (χ3v) is 3.92. The maximum absolute atomic E-state index is 2.44. The lowest BCUT2D eigenvalue weighted by Crippen LogP contribution is -2.14. The first kappa shape index (κ1) is 9.83. The zero-order valence-electron chi connectivity index (χ0n) is 9.15. The Bertz CT molecular complexity index is 190. The zero-order valence-corrected chi connectivity index (χ0v) is 9.15. The van der Waals surface area contributed by atoms with Crippen molar-refractivity contribution in [2.24, 2.45) is 17.3 Å². The minimum Gasteiger partial charge on any atom is -0.0884 e. The van der Waals surface area contributed by atoms with Crippen LogP contribution in [0.2, 0.25) is 0 Å². The van der Waals surface area contributed by atoms with Gasteiger partial charge in [0.25, 0.3) is 0 Å². The van der Waals surface area contributed by atoms with Crippen LogP contribution in [-0.4, -0.2) is 0 Å². The van der Waals surface area contributed by atoms with E-state index in [9.17, 15) is 0 Å². The van der Waals surface area contributed by atoms with Crippen LogP contribution in [0.3, 0.4) is 0 Å². The zero-order chi connectivity index (χ0) is 9.35. The molecule has 0 amide bonds. The van der Waals surface area contributed by atoms with Crippen LogP contribution in [0.5, 0.6) is 0 Å². The highest BCUT2D eigenvalue weighted by Crippen LogP contribution is 2.59. The fourth-order valence-electron chi connectivity index (χ4n) is 2.60. The number of hydrogen-bond acceptors (Lipinski definition) is 0. The Morgan fingerprint density at radius 3 is 2.42 bits per heavy atom. The van der Waals surface area contributed by atoms with Crippen molar-refractivity contribution in [2.75, 3.05) is 0 Å². The van der Waals surface area contributed by atoms with Gasteiger partial charge in [-0.2, -0.15) is 0 Å². The molecule has 0 saturated heterocycles. The summed E-state index contributed by atoms with van der Waals surface area (Å²) in [5.74, 6) is 1.77. The first-order valence-corrected chi connectivity index (χ1v) is 5.19. The molecule has 0 aromatic heterocycles. The van der Waals surface area contributed by atoms with Gasteiger partial charge in [0.15, 0.2) is 0 Å². The molecule has 0 aromatic carbocycles. The molecule has 1 fully saturated rings. The summed E-state index contributed by atoms with van der Waals surface area (Å²) in [6.07, 6.45) is 5.01. The maximum atomic E-state index is 2.44. The molecule has 0 nitrogen and oxygen atoms in total. The topological polar surface area (TPSA) is 0 Å². The van der Waals surface area contributed by atoms with E-state index in [0.29, 0.717) is 5.41 Å². The number of hydrogen-bond donors (Lipinski definition) is 0. The van der Waals surface area contributed by atoms with Gasteiger partial charge in [0.05, 0.1) is 0 Å². The Morgan fingerprint density at radius 2 is 2.17 bits per heavy atom. The minimum atomic E-state index is 0.630. The van der Waals surface area contributed by atoms with Gasteiger partial charge in [-0.25, -0.2) is 0 Å². The van der Waals surface area contributed by atoms with Crippen molar-refractivity contribution in [3.05, 3.63) is 11.6 Å². The molecule has 3 unspecified atom stereocenters. The van der Waals surface area contributed by atoms with Crippen LogP contribution >= 0.6 is 0 Å². The normalized spacial score (nSPS) is 38.1. The fraction of sp³-hybridized carbons (Fsp3) is 0.833. The van der Waals surface area contributed by atoms with E-state index in [1.807, 2.05) is 0 Å². The second kappa shape index (κ2) is 3.24. The summed E-state index contributed by atoms with van der Waals surface area (Å²) < 4.78 is 0. The smallest absolute Gasteiger partial charge is 0.0152 e.